The van der Waals surface area contributed by atoms with Crippen molar-refractivity contribution in [3.8, 4) is 11.5 Å². The van der Waals surface area contributed by atoms with Crippen molar-refractivity contribution in [3.63, 3.8) is 0 Å². The fourth-order valence-electron chi connectivity index (χ4n) is 2.61. The second-order valence-electron chi connectivity index (χ2n) is 6.14. The number of hydrogen-bond acceptors (Lipinski definition) is 6. The highest BCUT2D eigenvalue weighted by Gasteiger charge is 2.33. The Morgan fingerprint density at radius 1 is 1.24 bits per heavy atom. The van der Waals surface area contributed by atoms with E-state index >= 15 is 0 Å². The quantitative estimate of drug-likeness (QED) is 0.558. The van der Waals surface area contributed by atoms with Crippen molar-refractivity contribution in [1.29, 1.82) is 0 Å². The van der Waals surface area contributed by atoms with Crippen molar-refractivity contribution >= 4 is 46.2 Å². The summed E-state index contributed by atoms with van der Waals surface area (Å²) in [5.41, 5.74) is 4.62. The van der Waals surface area contributed by atoms with Gasteiger partial charge in [0, 0.05) is 5.56 Å². The molecule has 0 unspecified atom stereocenters. The molecule has 0 radical (unpaired) electrons. The van der Waals surface area contributed by atoms with Crippen molar-refractivity contribution in [2.24, 2.45) is 0 Å². The van der Waals surface area contributed by atoms with Gasteiger partial charge in [0.1, 0.15) is 0 Å². The van der Waals surface area contributed by atoms with Gasteiger partial charge >= 0.3 is 0 Å². The van der Waals surface area contributed by atoms with E-state index in [0.717, 1.165) is 27.9 Å². The lowest BCUT2D eigenvalue weighted by atomic mass is 10.1. The van der Waals surface area contributed by atoms with Crippen molar-refractivity contribution in [1.82, 2.24) is 10.4 Å². The van der Waals surface area contributed by atoms with E-state index in [1.165, 1.54) is 25.3 Å². The molecule has 0 atom stereocenters. The number of rotatable bonds is 5. The normalized spacial score (nSPS) is 15.7. The number of phenolic OH excluding ortho intramolecular Hbond substituents is 1. The highest BCUT2D eigenvalue weighted by molar-refractivity contribution is 8.26. The molecule has 6 nitrogen and oxygen atoms in total. The first kappa shape index (κ1) is 20.6. The van der Waals surface area contributed by atoms with Crippen LogP contribution in [0.3, 0.4) is 0 Å². The number of phenols is 1. The SMILES string of the molecule is COc1cc(C(=O)NN2C(=O)/C(=C/C(C)=C/c3ccccc3)SC2=S)ccc1O. The number of hydrogen-bond donors (Lipinski definition) is 2. The van der Waals surface area contributed by atoms with Crippen LogP contribution >= 0.6 is 24.0 Å². The van der Waals surface area contributed by atoms with Crippen LogP contribution in [0.15, 0.2) is 65.1 Å². The maximum atomic E-state index is 12.7. The van der Waals surface area contributed by atoms with Crippen LogP contribution in [0.25, 0.3) is 6.08 Å². The Kier molecular flexibility index (Phi) is 6.36. The molecule has 1 aliphatic rings. The number of carbonyl (C=O) groups is 2. The van der Waals surface area contributed by atoms with Crippen LogP contribution in [0.1, 0.15) is 22.8 Å². The summed E-state index contributed by atoms with van der Waals surface area (Å²) < 4.78 is 5.23. The molecule has 0 spiro atoms. The average molecular weight is 427 g/mol. The van der Waals surface area contributed by atoms with Crippen LogP contribution in [0.2, 0.25) is 0 Å². The monoisotopic (exact) mass is 426 g/mol. The van der Waals surface area contributed by atoms with Crippen molar-refractivity contribution < 1.29 is 19.4 Å². The van der Waals surface area contributed by atoms with Crippen molar-refractivity contribution in [3.05, 3.63) is 76.2 Å². The van der Waals surface area contributed by atoms with Gasteiger partial charge in [-0.25, -0.2) is 0 Å². The minimum atomic E-state index is -0.544. The van der Waals surface area contributed by atoms with E-state index in [1.54, 1.807) is 6.08 Å². The molecule has 8 heteroatoms. The molecule has 2 aromatic rings. The summed E-state index contributed by atoms with van der Waals surface area (Å²) in [4.78, 5) is 25.6. The van der Waals surface area contributed by atoms with Gasteiger partial charge < -0.3 is 9.84 Å². The van der Waals surface area contributed by atoms with E-state index in [4.69, 9.17) is 17.0 Å². The number of amides is 2. The van der Waals surface area contributed by atoms with Gasteiger partial charge in [-0.05, 0) is 54.6 Å². The second kappa shape index (κ2) is 8.93. The molecule has 0 bridgehead atoms. The molecule has 1 saturated heterocycles. The highest BCUT2D eigenvalue weighted by Crippen LogP contribution is 2.31. The first-order valence-electron chi connectivity index (χ1n) is 8.58. The Labute approximate surface area is 177 Å². The lowest BCUT2D eigenvalue weighted by molar-refractivity contribution is -0.123. The first-order chi connectivity index (χ1) is 13.9. The van der Waals surface area contributed by atoms with Gasteiger partial charge in [0.2, 0.25) is 0 Å². The number of methoxy groups -OCH3 is 1. The Hall–Kier alpha value is -3.10. The Morgan fingerprint density at radius 3 is 2.66 bits per heavy atom. The lowest BCUT2D eigenvalue weighted by Crippen LogP contribution is -2.44. The third kappa shape index (κ3) is 4.85. The van der Waals surface area contributed by atoms with Gasteiger partial charge in [-0.15, -0.1) is 0 Å². The number of carbonyl (C=O) groups excluding carboxylic acids is 2. The van der Waals surface area contributed by atoms with Crippen LogP contribution in [-0.4, -0.2) is 33.4 Å². The molecule has 1 heterocycles. The predicted octanol–water partition coefficient (Wildman–Crippen LogP) is 3.89. The molecule has 0 saturated carbocycles. The number of thioether (sulfide) groups is 1. The van der Waals surface area contributed by atoms with E-state index in [1.807, 2.05) is 43.3 Å². The zero-order valence-electron chi connectivity index (χ0n) is 15.7. The molecule has 2 amide bonds. The number of nitrogens with one attached hydrogen (secondary N) is 1. The summed E-state index contributed by atoms with van der Waals surface area (Å²) >= 11 is 6.36. The smallest absolute Gasteiger partial charge is 0.285 e. The van der Waals surface area contributed by atoms with Crippen LogP contribution in [0.4, 0.5) is 0 Å². The number of benzene rings is 2. The average Bonchev–Trinajstić information content (AvgIpc) is 2.96. The first-order valence-corrected chi connectivity index (χ1v) is 9.81. The van der Waals surface area contributed by atoms with Crippen LogP contribution in [-0.2, 0) is 4.79 Å². The van der Waals surface area contributed by atoms with E-state index in [-0.39, 0.29) is 21.4 Å². The maximum Gasteiger partial charge on any atom is 0.285 e. The molecular formula is C21H18N2O4S2. The zero-order chi connectivity index (χ0) is 21.0. The molecule has 148 valence electrons. The fourth-order valence-corrected chi connectivity index (χ4v) is 3.84. The van der Waals surface area contributed by atoms with Gasteiger partial charge in [0.25, 0.3) is 11.8 Å². The van der Waals surface area contributed by atoms with Crippen LogP contribution in [0, 0.1) is 0 Å². The number of nitrogens with zero attached hydrogens (tertiary/aromatic N) is 1. The van der Waals surface area contributed by atoms with E-state index in [9.17, 15) is 14.7 Å². The number of thiocarbonyl (C=S) groups is 1. The van der Waals surface area contributed by atoms with E-state index in [2.05, 4.69) is 5.43 Å². The van der Waals surface area contributed by atoms with E-state index in [0.29, 0.717) is 4.91 Å². The van der Waals surface area contributed by atoms with Gasteiger partial charge in [0.05, 0.1) is 12.0 Å². The van der Waals surface area contributed by atoms with Crippen molar-refractivity contribution in [2.45, 2.75) is 6.92 Å². The van der Waals surface area contributed by atoms with Gasteiger partial charge in [0.15, 0.2) is 15.8 Å². The summed E-state index contributed by atoms with van der Waals surface area (Å²) in [6.45, 7) is 1.89. The Morgan fingerprint density at radius 2 is 1.97 bits per heavy atom. The summed E-state index contributed by atoms with van der Waals surface area (Å²) in [6, 6.07) is 13.9. The van der Waals surface area contributed by atoms with Crippen LogP contribution in [0.5, 0.6) is 11.5 Å². The number of ether oxygens (including phenoxy) is 1. The molecule has 2 aromatic carbocycles. The summed E-state index contributed by atoms with van der Waals surface area (Å²) in [5, 5.41) is 10.7. The molecule has 3 rings (SSSR count). The molecule has 29 heavy (non-hydrogen) atoms. The number of hydrazine groups is 1. The Bertz CT molecular complexity index is 1030. The summed E-state index contributed by atoms with van der Waals surface area (Å²) in [7, 11) is 1.38. The number of allylic oxidation sites excluding steroid dienone is 2. The van der Waals surface area contributed by atoms with Gasteiger partial charge in [-0.3, -0.25) is 15.0 Å². The summed E-state index contributed by atoms with van der Waals surface area (Å²) in [5.74, 6) is -0.875. The molecule has 0 aliphatic carbocycles. The number of aromatic hydroxyl groups is 1. The lowest BCUT2D eigenvalue weighted by Gasteiger charge is -2.16. The molecular weight excluding hydrogens is 408 g/mol. The topological polar surface area (TPSA) is 78.9 Å². The molecule has 2 N–H and O–H groups in total. The molecule has 1 aliphatic heterocycles. The van der Waals surface area contributed by atoms with Crippen LogP contribution < -0.4 is 10.2 Å². The molecule has 1 fully saturated rings. The third-order valence-corrected chi connectivity index (χ3v) is 5.30. The second-order valence-corrected chi connectivity index (χ2v) is 7.82. The predicted molar refractivity (Wildman–Crippen MR) is 117 cm³/mol. The standard InChI is InChI=1S/C21H18N2O4S2/c1-13(10-14-6-4-3-5-7-14)11-18-20(26)23(21(28)29-18)22-19(25)15-8-9-16(24)17(12-15)27-2/h3-12,24H,1-2H3,(H,22,25)/b13-10+,18-11-. The zero-order valence-corrected chi connectivity index (χ0v) is 17.3. The van der Waals surface area contributed by atoms with Gasteiger partial charge in [-0.2, -0.15) is 5.01 Å². The minimum absolute atomic E-state index is 0.0849. The fraction of sp³-hybridized carbons (Fsp3) is 0.0952. The molecule has 0 aromatic heterocycles. The highest BCUT2D eigenvalue weighted by atomic mass is 32.2. The maximum absolute atomic E-state index is 12.7. The van der Waals surface area contributed by atoms with Gasteiger partial charge in [-0.1, -0.05) is 48.2 Å². The largest absolute Gasteiger partial charge is 0.504 e. The summed E-state index contributed by atoms with van der Waals surface area (Å²) in [6.07, 6.45) is 3.69. The van der Waals surface area contributed by atoms with Crippen molar-refractivity contribution in [2.75, 3.05) is 7.11 Å². The van der Waals surface area contributed by atoms with E-state index < -0.39 is 11.8 Å². The minimum Gasteiger partial charge on any atom is -0.504 e. The third-order valence-electron chi connectivity index (χ3n) is 4.00. The Balaban J connectivity index is 1.75.